The van der Waals surface area contributed by atoms with Crippen LogP contribution in [0.25, 0.3) is 0 Å². The van der Waals surface area contributed by atoms with Crippen molar-refractivity contribution in [3.63, 3.8) is 0 Å². The Labute approximate surface area is 119 Å². The molecular formula is C14H14F3N3O. The molecule has 2 rings (SSSR count). The van der Waals surface area contributed by atoms with Crippen molar-refractivity contribution in [3.8, 4) is 6.07 Å². The smallest absolute Gasteiger partial charge is 0.325 e. The van der Waals surface area contributed by atoms with Crippen LogP contribution in [0.2, 0.25) is 0 Å². The topological polar surface area (TPSA) is 64.9 Å². The van der Waals surface area contributed by atoms with Gasteiger partial charge in [-0.05, 0) is 37.2 Å². The third kappa shape index (κ3) is 3.34. The van der Waals surface area contributed by atoms with E-state index in [1.165, 1.54) is 6.07 Å². The van der Waals surface area contributed by atoms with Crippen molar-refractivity contribution in [2.24, 2.45) is 11.8 Å². The van der Waals surface area contributed by atoms with Crippen LogP contribution < -0.4 is 10.6 Å². The number of nitrogens with one attached hydrogen (secondary N) is 2. The summed E-state index contributed by atoms with van der Waals surface area (Å²) in [5.74, 6) is -0.683. The maximum absolute atomic E-state index is 13.0. The molecule has 2 N–H and O–H groups in total. The van der Waals surface area contributed by atoms with E-state index in [0.29, 0.717) is 13.1 Å². The fourth-order valence-electron chi connectivity index (χ4n) is 2.08. The molecule has 7 heteroatoms. The number of benzene rings is 1. The molecular weight excluding hydrogens is 283 g/mol. The first-order chi connectivity index (χ1) is 9.82. The van der Waals surface area contributed by atoms with E-state index in [-0.39, 0.29) is 23.1 Å². The van der Waals surface area contributed by atoms with Crippen molar-refractivity contribution in [1.82, 2.24) is 5.32 Å². The van der Waals surface area contributed by atoms with Gasteiger partial charge in [-0.15, -0.1) is 0 Å². The average Bonchev–Trinajstić information content (AvgIpc) is 2.35. The molecule has 1 aromatic carbocycles. The van der Waals surface area contributed by atoms with Gasteiger partial charge in [0.2, 0.25) is 5.91 Å². The van der Waals surface area contributed by atoms with Gasteiger partial charge >= 0.3 is 6.18 Å². The molecule has 0 spiro atoms. The van der Waals surface area contributed by atoms with E-state index in [9.17, 15) is 18.0 Å². The maximum Gasteiger partial charge on any atom is 0.418 e. The number of rotatable bonds is 3. The van der Waals surface area contributed by atoms with E-state index in [1.807, 2.05) is 0 Å². The SMILES string of the molecule is CC(C(=O)Nc1ccc(C#N)cc1C(F)(F)F)C1CNC1. The monoisotopic (exact) mass is 297 g/mol. The molecule has 112 valence electrons. The molecule has 1 saturated heterocycles. The highest BCUT2D eigenvalue weighted by Crippen LogP contribution is 2.35. The Balaban J connectivity index is 2.23. The highest BCUT2D eigenvalue weighted by molar-refractivity contribution is 5.93. The number of halogens is 3. The van der Waals surface area contributed by atoms with Gasteiger partial charge in [0.1, 0.15) is 0 Å². The summed E-state index contributed by atoms with van der Waals surface area (Å²) in [6.45, 7) is 3.07. The Morgan fingerprint density at radius 3 is 2.62 bits per heavy atom. The van der Waals surface area contributed by atoms with Crippen LogP contribution in [0.15, 0.2) is 18.2 Å². The number of nitrogens with zero attached hydrogens (tertiary/aromatic N) is 1. The van der Waals surface area contributed by atoms with Crippen molar-refractivity contribution in [2.45, 2.75) is 13.1 Å². The molecule has 1 fully saturated rings. The summed E-state index contributed by atoms with van der Waals surface area (Å²) in [5.41, 5.74) is -1.42. The zero-order valence-corrected chi connectivity index (χ0v) is 11.3. The molecule has 0 bridgehead atoms. The van der Waals surface area contributed by atoms with Gasteiger partial charge in [-0.2, -0.15) is 18.4 Å². The van der Waals surface area contributed by atoms with E-state index < -0.39 is 17.6 Å². The lowest BCUT2D eigenvalue weighted by molar-refractivity contribution is -0.137. The van der Waals surface area contributed by atoms with E-state index in [0.717, 1.165) is 12.1 Å². The van der Waals surface area contributed by atoms with Crippen molar-refractivity contribution in [2.75, 3.05) is 18.4 Å². The fourth-order valence-corrected chi connectivity index (χ4v) is 2.08. The van der Waals surface area contributed by atoms with Crippen LogP contribution >= 0.6 is 0 Å². The Kier molecular flexibility index (Phi) is 4.19. The first-order valence-electron chi connectivity index (χ1n) is 6.46. The summed E-state index contributed by atoms with van der Waals surface area (Å²) >= 11 is 0. The van der Waals surface area contributed by atoms with Gasteiger partial charge in [-0.1, -0.05) is 6.92 Å². The lowest BCUT2D eigenvalue weighted by atomic mass is 9.88. The van der Waals surface area contributed by atoms with Crippen LogP contribution in [-0.2, 0) is 11.0 Å². The molecule has 1 heterocycles. The minimum atomic E-state index is -4.63. The number of alkyl halides is 3. The number of nitriles is 1. The molecule has 1 unspecified atom stereocenters. The number of carbonyl (C=O) groups excluding carboxylic acids is 1. The molecule has 1 amide bonds. The third-order valence-corrected chi connectivity index (χ3v) is 3.65. The number of hydrogen-bond donors (Lipinski definition) is 2. The minimum Gasteiger partial charge on any atom is -0.325 e. The Bertz CT molecular complexity index is 588. The second kappa shape index (κ2) is 5.74. The molecule has 0 saturated carbocycles. The predicted molar refractivity (Wildman–Crippen MR) is 70.3 cm³/mol. The fraction of sp³-hybridized carbons (Fsp3) is 0.429. The third-order valence-electron chi connectivity index (χ3n) is 3.65. The van der Waals surface area contributed by atoms with Crippen molar-refractivity contribution < 1.29 is 18.0 Å². The minimum absolute atomic E-state index is 0.100. The second-order valence-corrected chi connectivity index (χ2v) is 5.07. The molecule has 0 radical (unpaired) electrons. The first-order valence-corrected chi connectivity index (χ1v) is 6.46. The number of hydrogen-bond acceptors (Lipinski definition) is 3. The highest BCUT2D eigenvalue weighted by Gasteiger charge is 2.35. The van der Waals surface area contributed by atoms with E-state index in [2.05, 4.69) is 10.6 Å². The van der Waals surface area contributed by atoms with Crippen LogP contribution in [0, 0.1) is 23.2 Å². The van der Waals surface area contributed by atoms with Gasteiger partial charge < -0.3 is 10.6 Å². The summed E-state index contributed by atoms with van der Waals surface area (Å²) in [4.78, 5) is 12.0. The van der Waals surface area contributed by atoms with Crippen LogP contribution in [-0.4, -0.2) is 19.0 Å². The lowest BCUT2D eigenvalue weighted by Crippen LogP contribution is -2.48. The molecule has 0 aliphatic carbocycles. The van der Waals surface area contributed by atoms with Gasteiger partial charge in [-0.3, -0.25) is 4.79 Å². The largest absolute Gasteiger partial charge is 0.418 e. The van der Waals surface area contributed by atoms with Crippen LogP contribution in [0.3, 0.4) is 0 Å². The van der Waals surface area contributed by atoms with Gasteiger partial charge in [-0.25, -0.2) is 0 Å². The molecule has 1 atom stereocenters. The van der Waals surface area contributed by atoms with E-state index >= 15 is 0 Å². The Hall–Kier alpha value is -2.07. The molecule has 1 aliphatic heterocycles. The van der Waals surface area contributed by atoms with Gasteiger partial charge in [0.25, 0.3) is 0 Å². The zero-order valence-electron chi connectivity index (χ0n) is 11.3. The normalized spacial score (nSPS) is 16.7. The summed E-state index contributed by atoms with van der Waals surface area (Å²) < 4.78 is 38.9. The second-order valence-electron chi connectivity index (χ2n) is 5.07. The highest BCUT2D eigenvalue weighted by atomic mass is 19.4. The van der Waals surface area contributed by atoms with Crippen molar-refractivity contribution in [1.29, 1.82) is 5.26 Å². The quantitative estimate of drug-likeness (QED) is 0.900. The summed E-state index contributed by atoms with van der Waals surface area (Å²) in [6.07, 6.45) is -4.63. The molecule has 1 aromatic rings. The first kappa shape index (κ1) is 15.3. The molecule has 0 aromatic heterocycles. The molecule has 21 heavy (non-hydrogen) atoms. The standard InChI is InChI=1S/C14H14F3N3O/c1-8(10-6-19-7-10)13(21)20-12-3-2-9(5-18)4-11(12)14(15,16)17/h2-4,8,10,19H,6-7H2,1H3,(H,20,21). The van der Waals surface area contributed by atoms with Gasteiger partial charge in [0.15, 0.2) is 0 Å². The van der Waals surface area contributed by atoms with Gasteiger partial charge in [0, 0.05) is 5.92 Å². The zero-order chi connectivity index (χ0) is 15.6. The summed E-state index contributed by atoms with van der Waals surface area (Å²) in [5, 5.41) is 14.0. The van der Waals surface area contributed by atoms with E-state index in [1.54, 1.807) is 13.0 Å². The van der Waals surface area contributed by atoms with Gasteiger partial charge in [0.05, 0.1) is 22.9 Å². The summed E-state index contributed by atoms with van der Waals surface area (Å²) in [7, 11) is 0. The number of carbonyl (C=O) groups is 1. The number of anilines is 1. The van der Waals surface area contributed by atoms with Crippen LogP contribution in [0.4, 0.5) is 18.9 Å². The molecule has 1 aliphatic rings. The predicted octanol–water partition coefficient (Wildman–Crippen LogP) is 2.37. The summed E-state index contributed by atoms with van der Waals surface area (Å²) in [6, 6.07) is 4.77. The lowest BCUT2D eigenvalue weighted by Gasteiger charge is -2.31. The average molecular weight is 297 g/mol. The van der Waals surface area contributed by atoms with Crippen molar-refractivity contribution >= 4 is 11.6 Å². The maximum atomic E-state index is 13.0. The van der Waals surface area contributed by atoms with Crippen LogP contribution in [0.1, 0.15) is 18.1 Å². The Morgan fingerprint density at radius 2 is 2.14 bits per heavy atom. The Morgan fingerprint density at radius 1 is 1.48 bits per heavy atom. The van der Waals surface area contributed by atoms with E-state index in [4.69, 9.17) is 5.26 Å². The van der Waals surface area contributed by atoms with Crippen molar-refractivity contribution in [3.05, 3.63) is 29.3 Å². The number of amides is 1. The van der Waals surface area contributed by atoms with Crippen LogP contribution in [0.5, 0.6) is 0 Å². The molecule has 4 nitrogen and oxygen atoms in total.